The lowest BCUT2D eigenvalue weighted by atomic mass is 9.95. The van der Waals surface area contributed by atoms with Crippen LogP contribution in [-0.4, -0.2) is 19.1 Å². The molecule has 0 aliphatic carbocycles. The molecule has 5 heteroatoms. The lowest BCUT2D eigenvalue weighted by molar-refractivity contribution is -0.123. The highest BCUT2D eigenvalue weighted by molar-refractivity contribution is 5.85. The number of hydrogen-bond acceptors (Lipinski definition) is 3. The van der Waals surface area contributed by atoms with E-state index in [-0.39, 0.29) is 24.4 Å². The summed E-state index contributed by atoms with van der Waals surface area (Å²) in [4.78, 5) is 12.4. The van der Waals surface area contributed by atoms with Gasteiger partial charge in [0.15, 0.2) is 0 Å². The smallest absolute Gasteiger partial charge is 0.237 e. The summed E-state index contributed by atoms with van der Waals surface area (Å²) in [7, 11) is 1.66. The van der Waals surface area contributed by atoms with Crippen LogP contribution < -0.4 is 15.4 Å². The molecule has 1 aliphatic rings. The lowest BCUT2D eigenvalue weighted by Gasteiger charge is -2.25. The number of nitrogens with one attached hydrogen (secondary N) is 2. The normalized spacial score (nSPS) is 15.8. The molecule has 2 aromatic carbocycles. The molecule has 1 heterocycles. The van der Waals surface area contributed by atoms with Crippen LogP contribution in [0.3, 0.4) is 0 Å². The molecule has 0 radical (unpaired) electrons. The van der Waals surface area contributed by atoms with Gasteiger partial charge in [-0.05, 0) is 41.7 Å². The van der Waals surface area contributed by atoms with Crippen LogP contribution in [-0.2, 0) is 24.3 Å². The number of amides is 1. The fourth-order valence-corrected chi connectivity index (χ4v) is 2.93. The molecule has 128 valence electrons. The molecular formula is C19H23ClN2O2. The first-order chi connectivity index (χ1) is 11.2. The summed E-state index contributed by atoms with van der Waals surface area (Å²) in [6.07, 6.45) is 0.735. The van der Waals surface area contributed by atoms with Crippen LogP contribution >= 0.6 is 12.4 Å². The monoisotopic (exact) mass is 346 g/mol. The van der Waals surface area contributed by atoms with Gasteiger partial charge in [0.25, 0.3) is 0 Å². The number of carbonyl (C=O) groups excluding carboxylic acids is 1. The Morgan fingerprint density at radius 1 is 1.25 bits per heavy atom. The number of halogens is 1. The molecule has 0 bridgehead atoms. The summed E-state index contributed by atoms with van der Waals surface area (Å²) in [5, 5.41) is 6.32. The third-order valence-corrected chi connectivity index (χ3v) is 4.34. The summed E-state index contributed by atoms with van der Waals surface area (Å²) in [5.74, 6) is 0.889. The van der Waals surface area contributed by atoms with Gasteiger partial charge in [0.2, 0.25) is 5.91 Å². The fourth-order valence-electron chi connectivity index (χ4n) is 2.93. The molecule has 0 spiro atoms. The van der Waals surface area contributed by atoms with Gasteiger partial charge in [-0.1, -0.05) is 36.4 Å². The zero-order valence-corrected chi connectivity index (χ0v) is 14.8. The number of hydrogen-bond donors (Lipinski definition) is 2. The van der Waals surface area contributed by atoms with Gasteiger partial charge in [0, 0.05) is 13.1 Å². The lowest BCUT2D eigenvalue weighted by Crippen LogP contribution is -2.47. The van der Waals surface area contributed by atoms with Crippen LogP contribution in [0.4, 0.5) is 0 Å². The molecule has 0 fully saturated rings. The predicted octanol–water partition coefficient (Wildman–Crippen LogP) is 2.76. The highest BCUT2D eigenvalue weighted by Gasteiger charge is 2.23. The van der Waals surface area contributed by atoms with Gasteiger partial charge in [-0.2, -0.15) is 0 Å². The Labute approximate surface area is 149 Å². The predicted molar refractivity (Wildman–Crippen MR) is 97.6 cm³/mol. The van der Waals surface area contributed by atoms with E-state index in [1.54, 1.807) is 7.11 Å². The summed E-state index contributed by atoms with van der Waals surface area (Å²) < 4.78 is 5.32. The number of carbonyl (C=O) groups is 1. The van der Waals surface area contributed by atoms with Crippen molar-refractivity contribution in [3.63, 3.8) is 0 Å². The summed E-state index contributed by atoms with van der Waals surface area (Å²) in [5.41, 5.74) is 4.66. The number of rotatable bonds is 4. The summed E-state index contributed by atoms with van der Waals surface area (Å²) in [6.45, 7) is 3.26. The topological polar surface area (TPSA) is 50.4 Å². The number of fused-ring (bicyclic) bond motifs is 1. The highest BCUT2D eigenvalue weighted by atomic mass is 35.5. The Morgan fingerprint density at radius 2 is 2.00 bits per heavy atom. The van der Waals surface area contributed by atoms with E-state index in [0.29, 0.717) is 6.54 Å². The molecule has 0 saturated heterocycles. The van der Waals surface area contributed by atoms with E-state index < -0.39 is 0 Å². The second kappa shape index (κ2) is 8.18. The Hall–Kier alpha value is -2.04. The van der Waals surface area contributed by atoms with E-state index in [9.17, 15) is 4.79 Å². The first-order valence-electron chi connectivity index (χ1n) is 7.89. The van der Waals surface area contributed by atoms with Crippen molar-refractivity contribution >= 4 is 18.3 Å². The minimum absolute atomic E-state index is 0. The maximum atomic E-state index is 12.4. The van der Waals surface area contributed by atoms with E-state index in [4.69, 9.17) is 4.74 Å². The molecular weight excluding hydrogens is 324 g/mol. The van der Waals surface area contributed by atoms with E-state index in [1.807, 2.05) is 37.3 Å². The number of aryl methyl sites for hydroxylation is 1. The molecule has 3 rings (SSSR count). The molecule has 24 heavy (non-hydrogen) atoms. The first-order valence-corrected chi connectivity index (χ1v) is 7.89. The SMILES string of the molecule is COc1cc(CNC(=O)C2Cc3ccccc3CN2)ccc1C.Cl. The van der Waals surface area contributed by atoms with Gasteiger partial charge in [-0.3, -0.25) is 4.79 Å². The Balaban J connectivity index is 0.00000208. The van der Waals surface area contributed by atoms with Crippen LogP contribution in [0.5, 0.6) is 5.75 Å². The maximum absolute atomic E-state index is 12.4. The first kappa shape index (κ1) is 18.3. The molecule has 1 unspecified atom stereocenters. The zero-order valence-electron chi connectivity index (χ0n) is 14.0. The van der Waals surface area contributed by atoms with Gasteiger partial charge in [0.1, 0.15) is 5.75 Å². The van der Waals surface area contributed by atoms with Gasteiger partial charge >= 0.3 is 0 Å². The highest BCUT2D eigenvalue weighted by Crippen LogP contribution is 2.19. The maximum Gasteiger partial charge on any atom is 0.237 e. The average Bonchev–Trinajstić information content (AvgIpc) is 2.60. The van der Waals surface area contributed by atoms with Crippen molar-refractivity contribution in [3.05, 3.63) is 64.7 Å². The number of benzene rings is 2. The third kappa shape index (κ3) is 4.08. The van der Waals surface area contributed by atoms with Crippen molar-refractivity contribution in [2.75, 3.05) is 7.11 Å². The molecule has 4 nitrogen and oxygen atoms in total. The van der Waals surface area contributed by atoms with E-state index >= 15 is 0 Å². The van der Waals surface area contributed by atoms with Crippen molar-refractivity contribution in [2.24, 2.45) is 0 Å². The molecule has 2 N–H and O–H groups in total. The zero-order chi connectivity index (χ0) is 16.2. The molecule has 2 aromatic rings. The van der Waals surface area contributed by atoms with Crippen molar-refractivity contribution < 1.29 is 9.53 Å². The second-order valence-electron chi connectivity index (χ2n) is 5.93. The molecule has 0 saturated carbocycles. The summed E-state index contributed by atoms with van der Waals surface area (Å²) >= 11 is 0. The minimum Gasteiger partial charge on any atom is -0.496 e. The summed E-state index contributed by atoms with van der Waals surface area (Å²) in [6, 6.07) is 14.1. The van der Waals surface area contributed by atoms with E-state index in [2.05, 4.69) is 22.8 Å². The van der Waals surface area contributed by atoms with Crippen LogP contribution in [0.15, 0.2) is 42.5 Å². The largest absolute Gasteiger partial charge is 0.496 e. The Morgan fingerprint density at radius 3 is 2.75 bits per heavy atom. The van der Waals surface area contributed by atoms with Gasteiger partial charge in [-0.15, -0.1) is 12.4 Å². The van der Waals surface area contributed by atoms with E-state index in [0.717, 1.165) is 29.8 Å². The number of methoxy groups -OCH3 is 1. The second-order valence-corrected chi connectivity index (χ2v) is 5.93. The van der Waals surface area contributed by atoms with Crippen LogP contribution in [0.1, 0.15) is 22.3 Å². The van der Waals surface area contributed by atoms with Crippen molar-refractivity contribution in [1.29, 1.82) is 0 Å². The molecule has 0 aromatic heterocycles. The number of ether oxygens (including phenoxy) is 1. The molecule has 1 amide bonds. The van der Waals surface area contributed by atoms with Gasteiger partial charge < -0.3 is 15.4 Å². The Kier molecular flexibility index (Phi) is 6.23. The van der Waals surface area contributed by atoms with Crippen molar-refractivity contribution in [2.45, 2.75) is 32.5 Å². The van der Waals surface area contributed by atoms with Crippen molar-refractivity contribution in [1.82, 2.24) is 10.6 Å². The van der Waals surface area contributed by atoms with Crippen molar-refractivity contribution in [3.8, 4) is 5.75 Å². The molecule has 1 aliphatic heterocycles. The fraction of sp³-hybridized carbons (Fsp3) is 0.316. The third-order valence-electron chi connectivity index (χ3n) is 4.34. The van der Waals surface area contributed by atoms with Crippen LogP contribution in [0.2, 0.25) is 0 Å². The minimum atomic E-state index is -0.169. The standard InChI is InChI=1S/C19H22N2O2.ClH/c1-13-7-8-14(9-18(13)23-2)11-21-19(22)17-10-15-5-3-4-6-16(15)12-20-17;/h3-9,17,20H,10-12H2,1-2H3,(H,21,22);1H. The average molecular weight is 347 g/mol. The van der Waals surface area contributed by atoms with Gasteiger partial charge in [0.05, 0.1) is 13.2 Å². The van der Waals surface area contributed by atoms with Gasteiger partial charge in [-0.25, -0.2) is 0 Å². The molecule has 1 atom stereocenters. The van der Waals surface area contributed by atoms with Crippen LogP contribution in [0, 0.1) is 6.92 Å². The van der Waals surface area contributed by atoms with E-state index in [1.165, 1.54) is 11.1 Å². The quantitative estimate of drug-likeness (QED) is 0.895. The van der Waals surface area contributed by atoms with Crippen LogP contribution in [0.25, 0.3) is 0 Å². The Bertz CT molecular complexity index is 718.